The molecule has 1 aromatic rings. The summed E-state index contributed by atoms with van der Waals surface area (Å²) in [5.41, 5.74) is -0.517. The first kappa shape index (κ1) is 14.5. The van der Waals surface area contributed by atoms with Crippen LogP contribution in [0, 0.1) is 0 Å². The number of hydrogen-bond donors (Lipinski definition) is 1. The van der Waals surface area contributed by atoms with Gasteiger partial charge in [-0.3, -0.25) is 4.21 Å². The van der Waals surface area contributed by atoms with Crippen molar-refractivity contribution in [3.8, 4) is 5.75 Å². The quantitative estimate of drug-likeness (QED) is 0.814. The van der Waals surface area contributed by atoms with E-state index in [0.29, 0.717) is 10.5 Å². The van der Waals surface area contributed by atoms with Gasteiger partial charge in [0.15, 0.2) is 0 Å². The van der Waals surface area contributed by atoms with Crippen LogP contribution < -0.4 is 5.46 Å². The molecule has 2 heterocycles. The highest BCUT2D eigenvalue weighted by Gasteiger charge is 2.52. The Bertz CT molecular complexity index is 516. The van der Waals surface area contributed by atoms with Crippen molar-refractivity contribution < 1.29 is 18.6 Å². The summed E-state index contributed by atoms with van der Waals surface area (Å²) in [6, 6.07) is 1.56. The van der Waals surface area contributed by atoms with Gasteiger partial charge >= 0.3 is 7.12 Å². The van der Waals surface area contributed by atoms with Crippen molar-refractivity contribution in [2.45, 2.75) is 43.9 Å². The highest BCUT2D eigenvalue weighted by Crippen LogP contribution is 2.37. The highest BCUT2D eigenvalue weighted by atomic mass is 32.2. The van der Waals surface area contributed by atoms with E-state index in [9.17, 15) is 9.32 Å². The Morgan fingerprint density at radius 2 is 1.79 bits per heavy atom. The first-order valence-electron chi connectivity index (χ1n) is 6.02. The van der Waals surface area contributed by atoms with Crippen molar-refractivity contribution in [1.29, 1.82) is 0 Å². The molecule has 1 aliphatic rings. The molecule has 1 saturated heterocycles. The Kier molecular flexibility index (Phi) is 3.49. The van der Waals surface area contributed by atoms with E-state index >= 15 is 0 Å². The van der Waals surface area contributed by atoms with Crippen LogP contribution >= 0.6 is 0 Å². The van der Waals surface area contributed by atoms with E-state index in [-0.39, 0.29) is 5.75 Å². The Labute approximate surface area is 115 Å². The molecule has 1 aromatic heterocycles. The molecule has 1 unspecified atom stereocenters. The van der Waals surface area contributed by atoms with Crippen molar-refractivity contribution in [1.82, 2.24) is 4.98 Å². The van der Waals surface area contributed by atoms with Crippen molar-refractivity contribution in [3.63, 3.8) is 0 Å². The summed E-state index contributed by atoms with van der Waals surface area (Å²) in [4.78, 5) is 3.92. The van der Waals surface area contributed by atoms with Gasteiger partial charge in [0.05, 0.1) is 28.2 Å². The van der Waals surface area contributed by atoms with Gasteiger partial charge in [-0.15, -0.1) is 0 Å². The van der Waals surface area contributed by atoms with Gasteiger partial charge in [0.2, 0.25) is 0 Å². The van der Waals surface area contributed by atoms with E-state index < -0.39 is 29.1 Å². The fraction of sp³-hybridized carbons (Fsp3) is 0.583. The van der Waals surface area contributed by atoms with E-state index in [1.165, 1.54) is 12.5 Å². The van der Waals surface area contributed by atoms with Gasteiger partial charge < -0.3 is 14.4 Å². The van der Waals surface area contributed by atoms with Crippen LogP contribution in [0.2, 0.25) is 0 Å². The summed E-state index contributed by atoms with van der Waals surface area (Å²) in [6.07, 6.45) is 2.81. The second kappa shape index (κ2) is 4.57. The van der Waals surface area contributed by atoms with Crippen molar-refractivity contribution >= 4 is 23.4 Å². The predicted octanol–water partition coefficient (Wildman–Crippen LogP) is 0.824. The lowest BCUT2D eigenvalue weighted by Crippen LogP contribution is -2.41. The normalized spacial score (nSPS) is 22.5. The van der Waals surface area contributed by atoms with Crippen LogP contribution in [0.3, 0.4) is 0 Å². The highest BCUT2D eigenvalue weighted by molar-refractivity contribution is 7.84. The minimum absolute atomic E-state index is 0.0206. The smallest absolute Gasteiger partial charge is 0.498 e. The van der Waals surface area contributed by atoms with Gasteiger partial charge in [-0.1, -0.05) is 0 Å². The van der Waals surface area contributed by atoms with E-state index in [4.69, 9.17) is 9.31 Å². The molecule has 0 amide bonds. The third-order valence-electron chi connectivity index (χ3n) is 3.69. The number of hydrogen-bond acceptors (Lipinski definition) is 5. The molecule has 0 saturated carbocycles. The maximum Gasteiger partial charge on any atom is 0.498 e. The average molecular weight is 283 g/mol. The number of rotatable bonds is 2. The van der Waals surface area contributed by atoms with Crippen LogP contribution in [-0.4, -0.2) is 38.9 Å². The molecule has 1 N–H and O–H groups in total. The second-order valence-electron chi connectivity index (χ2n) is 5.62. The van der Waals surface area contributed by atoms with Gasteiger partial charge in [0, 0.05) is 11.7 Å². The zero-order chi connectivity index (χ0) is 14.4. The molecule has 0 bridgehead atoms. The van der Waals surface area contributed by atoms with Crippen molar-refractivity contribution in [2.75, 3.05) is 6.26 Å². The Morgan fingerprint density at radius 3 is 2.26 bits per heavy atom. The SMILES string of the molecule is CS(=O)c1cc(B2OC(C)(C)C(C)(C)O2)c(O)cn1. The third-order valence-corrected chi connectivity index (χ3v) is 4.50. The molecular weight excluding hydrogens is 265 g/mol. The molecule has 0 aromatic carbocycles. The zero-order valence-corrected chi connectivity index (χ0v) is 12.6. The lowest BCUT2D eigenvalue weighted by atomic mass is 9.79. The van der Waals surface area contributed by atoms with Crippen LogP contribution in [0.4, 0.5) is 0 Å². The summed E-state index contributed by atoms with van der Waals surface area (Å²) >= 11 is 0. The largest absolute Gasteiger partial charge is 0.507 e. The zero-order valence-electron chi connectivity index (χ0n) is 11.8. The second-order valence-corrected chi connectivity index (χ2v) is 6.95. The lowest BCUT2D eigenvalue weighted by molar-refractivity contribution is 0.00578. The monoisotopic (exact) mass is 283 g/mol. The molecule has 0 radical (unpaired) electrons. The molecule has 1 atom stereocenters. The summed E-state index contributed by atoms with van der Waals surface area (Å²) in [5, 5.41) is 10.3. The molecule has 0 spiro atoms. The first-order valence-corrected chi connectivity index (χ1v) is 7.58. The van der Waals surface area contributed by atoms with Crippen LogP contribution in [0.5, 0.6) is 5.75 Å². The predicted molar refractivity (Wildman–Crippen MR) is 74.0 cm³/mol. The topological polar surface area (TPSA) is 68.7 Å². The molecule has 5 nitrogen and oxygen atoms in total. The molecule has 0 aliphatic carbocycles. The summed E-state index contributed by atoms with van der Waals surface area (Å²) in [7, 11) is -1.90. The number of nitrogens with zero attached hydrogens (tertiary/aromatic N) is 1. The minimum Gasteiger partial charge on any atom is -0.507 e. The Morgan fingerprint density at radius 1 is 1.26 bits per heavy atom. The summed E-state index contributed by atoms with van der Waals surface area (Å²) in [6.45, 7) is 7.74. The van der Waals surface area contributed by atoms with Crippen LogP contribution in [0.15, 0.2) is 17.3 Å². The van der Waals surface area contributed by atoms with Gasteiger partial charge in [0.1, 0.15) is 10.8 Å². The molecule has 104 valence electrons. The van der Waals surface area contributed by atoms with Crippen LogP contribution in [0.25, 0.3) is 0 Å². The first-order chi connectivity index (χ1) is 8.64. The van der Waals surface area contributed by atoms with E-state index in [1.54, 1.807) is 6.07 Å². The molecule has 2 rings (SSSR count). The van der Waals surface area contributed by atoms with Gasteiger partial charge in [0.25, 0.3) is 0 Å². The number of aromatic hydroxyl groups is 1. The van der Waals surface area contributed by atoms with Crippen molar-refractivity contribution in [2.24, 2.45) is 0 Å². The molecular formula is C12H18BNO4S. The summed E-state index contributed by atoms with van der Waals surface area (Å²) in [5.74, 6) is -0.0206. The van der Waals surface area contributed by atoms with Crippen molar-refractivity contribution in [3.05, 3.63) is 12.3 Å². The Balaban J connectivity index is 2.39. The molecule has 19 heavy (non-hydrogen) atoms. The molecule has 1 fully saturated rings. The number of aromatic nitrogens is 1. The standard InChI is InChI=1S/C12H18BNO4S/c1-11(2)12(3,4)18-13(17-11)8-6-10(19(5)16)14-7-9(8)15/h6-7,15H,1-5H3. The number of pyridine rings is 1. The fourth-order valence-electron chi connectivity index (χ4n) is 1.76. The van der Waals surface area contributed by atoms with E-state index in [2.05, 4.69) is 4.98 Å². The minimum atomic E-state index is -1.22. The maximum atomic E-state index is 11.5. The molecule has 7 heteroatoms. The molecule has 1 aliphatic heterocycles. The van der Waals surface area contributed by atoms with Gasteiger partial charge in [-0.25, -0.2) is 4.98 Å². The van der Waals surface area contributed by atoms with Gasteiger partial charge in [-0.05, 0) is 33.8 Å². The van der Waals surface area contributed by atoms with E-state index in [0.717, 1.165) is 0 Å². The summed E-state index contributed by atoms with van der Waals surface area (Å²) < 4.78 is 23.2. The van der Waals surface area contributed by atoms with Crippen LogP contribution in [-0.2, 0) is 20.1 Å². The lowest BCUT2D eigenvalue weighted by Gasteiger charge is -2.32. The fourth-order valence-corrected chi connectivity index (χ4v) is 2.25. The Hall–Kier alpha value is -0.915. The van der Waals surface area contributed by atoms with Crippen LogP contribution in [0.1, 0.15) is 27.7 Å². The van der Waals surface area contributed by atoms with Gasteiger partial charge in [-0.2, -0.15) is 0 Å². The average Bonchev–Trinajstić information content (AvgIpc) is 2.48. The van der Waals surface area contributed by atoms with E-state index in [1.807, 2.05) is 27.7 Å². The third kappa shape index (κ3) is 2.54. The maximum absolute atomic E-state index is 11.5.